The smallest absolute Gasteiger partial charge is 0.242 e. The third-order valence-electron chi connectivity index (χ3n) is 1.88. The number of halogens is 2. The fourth-order valence-electron chi connectivity index (χ4n) is 1.21. The number of hydrogen-bond donors (Lipinski definition) is 1. The van der Waals surface area contributed by atoms with Gasteiger partial charge in [-0.05, 0) is 12.5 Å². The molecule has 0 aliphatic rings. The van der Waals surface area contributed by atoms with E-state index < -0.39 is 32.6 Å². The van der Waals surface area contributed by atoms with E-state index in [0.717, 1.165) is 6.20 Å². The van der Waals surface area contributed by atoms with Crippen molar-refractivity contribution in [2.45, 2.75) is 18.4 Å². The Labute approximate surface area is 90.6 Å². The number of aromatic nitrogens is 1. The lowest BCUT2D eigenvalue weighted by Gasteiger charge is -2.09. The molecule has 1 heterocycles. The fourth-order valence-corrected chi connectivity index (χ4v) is 1.85. The topological polar surface area (TPSA) is 96.8 Å². The Bertz CT molecular complexity index is 563. The van der Waals surface area contributed by atoms with Crippen molar-refractivity contribution in [3.63, 3.8) is 0 Å². The molecule has 0 spiro atoms. The maximum absolute atomic E-state index is 12.6. The molecule has 1 rings (SSSR count). The summed E-state index contributed by atoms with van der Waals surface area (Å²) in [4.78, 5) is 3.39. The summed E-state index contributed by atoms with van der Waals surface area (Å²) in [5.74, 6) is 0. The summed E-state index contributed by atoms with van der Waals surface area (Å²) < 4.78 is 47.3. The molecule has 86 valence electrons. The van der Waals surface area contributed by atoms with Crippen LogP contribution in [0.1, 0.15) is 23.1 Å². The van der Waals surface area contributed by atoms with E-state index in [1.54, 1.807) is 0 Å². The molecule has 0 amide bonds. The van der Waals surface area contributed by atoms with Crippen molar-refractivity contribution in [1.29, 1.82) is 5.26 Å². The molecule has 5 nitrogen and oxygen atoms in total. The quantitative estimate of drug-likeness (QED) is 0.837. The van der Waals surface area contributed by atoms with Gasteiger partial charge in [-0.25, -0.2) is 27.3 Å². The number of sulfonamides is 1. The van der Waals surface area contributed by atoms with Gasteiger partial charge in [0, 0.05) is 11.8 Å². The Morgan fingerprint density at radius 1 is 1.56 bits per heavy atom. The molecule has 0 aliphatic carbocycles. The molecule has 1 aromatic rings. The molecule has 0 saturated carbocycles. The highest BCUT2D eigenvalue weighted by Crippen LogP contribution is 2.28. The number of alkyl halides is 2. The molecule has 0 unspecified atom stereocenters. The van der Waals surface area contributed by atoms with Crippen molar-refractivity contribution in [2.75, 3.05) is 0 Å². The van der Waals surface area contributed by atoms with E-state index in [4.69, 9.17) is 10.4 Å². The van der Waals surface area contributed by atoms with Gasteiger partial charge in [0.15, 0.2) is 5.03 Å². The summed E-state index contributed by atoms with van der Waals surface area (Å²) in [7, 11) is -4.29. The molecule has 8 heteroatoms. The number of hydrogen-bond acceptors (Lipinski definition) is 4. The standard InChI is InChI=1S/C8H7F2N3O2S/c1-4-3-13-8(16(12,14)15)5(2-11)6(4)7(9)10/h3,7H,1H3,(H2,12,14,15). The van der Waals surface area contributed by atoms with E-state index in [2.05, 4.69) is 4.98 Å². The molecule has 0 saturated heterocycles. The SMILES string of the molecule is Cc1cnc(S(N)(=O)=O)c(C#N)c1C(F)F. The Morgan fingerprint density at radius 2 is 2.12 bits per heavy atom. The van der Waals surface area contributed by atoms with Gasteiger partial charge in [0.1, 0.15) is 6.07 Å². The van der Waals surface area contributed by atoms with Crippen LogP contribution in [0.15, 0.2) is 11.2 Å². The molecule has 2 N–H and O–H groups in total. The largest absolute Gasteiger partial charge is 0.265 e. The van der Waals surface area contributed by atoms with E-state index in [1.165, 1.54) is 13.0 Å². The second-order valence-corrected chi connectivity index (χ2v) is 4.47. The van der Waals surface area contributed by atoms with Crippen LogP contribution in [0.5, 0.6) is 0 Å². The van der Waals surface area contributed by atoms with Crippen molar-refractivity contribution >= 4 is 10.0 Å². The van der Waals surface area contributed by atoms with E-state index >= 15 is 0 Å². The summed E-state index contributed by atoms with van der Waals surface area (Å²) in [5.41, 5.74) is -1.31. The maximum Gasteiger partial charge on any atom is 0.265 e. The third-order valence-corrected chi connectivity index (χ3v) is 2.73. The number of nitrogens with two attached hydrogens (primary N) is 1. The minimum atomic E-state index is -4.29. The maximum atomic E-state index is 12.6. The zero-order chi connectivity index (χ0) is 12.5. The Kier molecular flexibility index (Phi) is 3.21. The monoisotopic (exact) mass is 247 g/mol. The van der Waals surface area contributed by atoms with Crippen molar-refractivity contribution in [3.8, 4) is 6.07 Å². The number of nitrogens with zero attached hydrogens (tertiary/aromatic N) is 2. The van der Waals surface area contributed by atoms with Crippen LogP contribution >= 0.6 is 0 Å². The van der Waals surface area contributed by atoms with Gasteiger partial charge in [-0.2, -0.15) is 5.26 Å². The molecule has 0 fully saturated rings. The number of aryl methyl sites for hydroxylation is 1. The highest BCUT2D eigenvalue weighted by atomic mass is 32.2. The highest BCUT2D eigenvalue weighted by molar-refractivity contribution is 7.89. The predicted octanol–water partition coefficient (Wildman–Crippen LogP) is 0.847. The van der Waals surface area contributed by atoms with E-state index in [9.17, 15) is 17.2 Å². The minimum Gasteiger partial charge on any atom is -0.242 e. The minimum absolute atomic E-state index is 0.0407. The van der Waals surface area contributed by atoms with Crippen LogP contribution in [0.3, 0.4) is 0 Å². The predicted molar refractivity (Wildman–Crippen MR) is 50.0 cm³/mol. The molecule has 0 radical (unpaired) electrons. The number of pyridine rings is 1. The van der Waals surface area contributed by atoms with Crippen molar-refractivity contribution in [1.82, 2.24) is 4.98 Å². The van der Waals surface area contributed by atoms with Crippen LogP contribution in [0.2, 0.25) is 0 Å². The van der Waals surface area contributed by atoms with Gasteiger partial charge in [0.25, 0.3) is 16.4 Å². The van der Waals surface area contributed by atoms with Gasteiger partial charge < -0.3 is 0 Å². The first-order chi connectivity index (χ1) is 7.29. The zero-order valence-corrected chi connectivity index (χ0v) is 8.92. The number of nitriles is 1. The number of primary sulfonamides is 1. The highest BCUT2D eigenvalue weighted by Gasteiger charge is 2.25. The van der Waals surface area contributed by atoms with Crippen LogP contribution < -0.4 is 5.14 Å². The van der Waals surface area contributed by atoms with Crippen LogP contribution in [0.4, 0.5) is 8.78 Å². The third kappa shape index (κ3) is 2.15. The summed E-state index contributed by atoms with van der Waals surface area (Å²) in [5, 5.41) is 12.6. The summed E-state index contributed by atoms with van der Waals surface area (Å²) in [6.07, 6.45) is -2.01. The lowest BCUT2D eigenvalue weighted by molar-refractivity contribution is 0.149. The van der Waals surface area contributed by atoms with Crippen LogP contribution in [-0.4, -0.2) is 13.4 Å². The molecule has 1 aromatic heterocycles. The van der Waals surface area contributed by atoms with Gasteiger partial charge >= 0.3 is 0 Å². The van der Waals surface area contributed by atoms with Crippen molar-refractivity contribution in [3.05, 3.63) is 22.9 Å². The first-order valence-corrected chi connectivity index (χ1v) is 5.54. The van der Waals surface area contributed by atoms with Gasteiger partial charge in [-0.15, -0.1) is 0 Å². The Morgan fingerprint density at radius 3 is 2.50 bits per heavy atom. The van der Waals surface area contributed by atoms with E-state index in [0.29, 0.717) is 0 Å². The van der Waals surface area contributed by atoms with E-state index in [-0.39, 0.29) is 5.56 Å². The molecule has 0 aromatic carbocycles. The summed E-state index contributed by atoms with van der Waals surface area (Å²) in [6.45, 7) is 1.31. The van der Waals surface area contributed by atoms with Crippen molar-refractivity contribution < 1.29 is 17.2 Å². The first-order valence-electron chi connectivity index (χ1n) is 3.99. The van der Waals surface area contributed by atoms with Crippen LogP contribution in [0.25, 0.3) is 0 Å². The summed E-state index contributed by atoms with van der Waals surface area (Å²) >= 11 is 0. The average molecular weight is 247 g/mol. The van der Waals surface area contributed by atoms with Gasteiger partial charge in [-0.3, -0.25) is 0 Å². The van der Waals surface area contributed by atoms with E-state index in [1.807, 2.05) is 0 Å². The van der Waals surface area contributed by atoms with Gasteiger partial charge in [-0.1, -0.05) is 0 Å². The Hall–Kier alpha value is -1.59. The zero-order valence-electron chi connectivity index (χ0n) is 8.11. The normalized spacial score (nSPS) is 11.5. The van der Waals surface area contributed by atoms with Gasteiger partial charge in [0.05, 0.1) is 5.56 Å². The second-order valence-electron chi connectivity index (χ2n) is 2.99. The first kappa shape index (κ1) is 12.5. The van der Waals surface area contributed by atoms with Crippen molar-refractivity contribution in [2.24, 2.45) is 5.14 Å². The molecule has 0 bridgehead atoms. The van der Waals surface area contributed by atoms with Crippen LogP contribution in [-0.2, 0) is 10.0 Å². The number of rotatable bonds is 2. The summed E-state index contributed by atoms with van der Waals surface area (Å²) in [6, 6.07) is 1.39. The second kappa shape index (κ2) is 4.11. The molecule has 0 aliphatic heterocycles. The molecular weight excluding hydrogens is 240 g/mol. The Balaban J connectivity index is 3.72. The lowest BCUT2D eigenvalue weighted by atomic mass is 10.1. The average Bonchev–Trinajstić information content (AvgIpc) is 2.14. The fraction of sp³-hybridized carbons (Fsp3) is 0.250. The lowest BCUT2D eigenvalue weighted by Crippen LogP contribution is -2.17. The molecular formula is C8H7F2N3O2S. The molecule has 0 atom stereocenters. The van der Waals surface area contributed by atoms with Crippen LogP contribution in [0, 0.1) is 18.3 Å². The van der Waals surface area contributed by atoms with Gasteiger partial charge in [0.2, 0.25) is 0 Å². The molecule has 16 heavy (non-hydrogen) atoms.